The van der Waals surface area contributed by atoms with Gasteiger partial charge in [0.1, 0.15) is 0 Å². The van der Waals surface area contributed by atoms with Gasteiger partial charge in [0, 0.05) is 9.50 Å². The Bertz CT molecular complexity index is 835. The fourth-order valence-electron chi connectivity index (χ4n) is 2.14. The van der Waals surface area contributed by atoms with Crippen molar-refractivity contribution in [1.82, 2.24) is 9.55 Å². The van der Waals surface area contributed by atoms with Gasteiger partial charge in [-0.3, -0.25) is 4.57 Å². The lowest BCUT2D eigenvalue weighted by molar-refractivity contribution is 1.05. The normalized spacial score (nSPS) is 11.1. The van der Waals surface area contributed by atoms with Crippen molar-refractivity contribution >= 4 is 50.8 Å². The van der Waals surface area contributed by atoms with Crippen molar-refractivity contribution in [3.05, 3.63) is 56.2 Å². The van der Waals surface area contributed by atoms with Gasteiger partial charge in [0.2, 0.25) is 0 Å². The van der Waals surface area contributed by atoms with Crippen molar-refractivity contribution in [3.8, 4) is 5.69 Å². The summed E-state index contributed by atoms with van der Waals surface area (Å²) in [4.78, 5) is 3.21. The summed E-state index contributed by atoms with van der Waals surface area (Å²) in [5, 5.41) is 0.701. The number of fused-ring (bicyclic) bond motifs is 1. The molecule has 2 nitrogen and oxygen atoms in total. The summed E-state index contributed by atoms with van der Waals surface area (Å²) >= 11 is 15.0. The third kappa shape index (κ3) is 2.24. The molecule has 96 valence electrons. The average molecular weight is 354 g/mol. The molecule has 1 N–H and O–H groups in total. The van der Waals surface area contributed by atoms with Crippen LogP contribution in [0.3, 0.4) is 0 Å². The molecule has 0 radical (unpaired) electrons. The summed E-state index contributed by atoms with van der Waals surface area (Å²) in [6.07, 6.45) is 0. The lowest BCUT2D eigenvalue weighted by Crippen LogP contribution is -1.97. The van der Waals surface area contributed by atoms with E-state index in [9.17, 15) is 0 Å². The molecule has 0 fully saturated rings. The summed E-state index contributed by atoms with van der Waals surface area (Å²) in [6.45, 7) is 2.05. The number of nitrogens with zero attached hydrogens (tertiary/aromatic N) is 1. The van der Waals surface area contributed by atoms with Gasteiger partial charge >= 0.3 is 0 Å². The summed E-state index contributed by atoms with van der Waals surface area (Å²) < 4.78 is 3.69. The van der Waals surface area contributed by atoms with Gasteiger partial charge in [-0.2, -0.15) is 0 Å². The van der Waals surface area contributed by atoms with Crippen molar-refractivity contribution in [2.24, 2.45) is 0 Å². The smallest absolute Gasteiger partial charge is 0.182 e. The first-order chi connectivity index (χ1) is 9.06. The summed E-state index contributed by atoms with van der Waals surface area (Å²) in [5.41, 5.74) is 4.17. The fraction of sp³-hybridized carbons (Fsp3) is 0.0714. The number of aromatic nitrogens is 2. The van der Waals surface area contributed by atoms with Gasteiger partial charge in [0.25, 0.3) is 0 Å². The highest BCUT2D eigenvalue weighted by Crippen LogP contribution is 2.26. The Morgan fingerprint density at radius 2 is 2.00 bits per heavy atom. The van der Waals surface area contributed by atoms with Gasteiger partial charge in [0.15, 0.2) is 4.77 Å². The van der Waals surface area contributed by atoms with Crippen LogP contribution in [0.5, 0.6) is 0 Å². The minimum absolute atomic E-state index is 0.665. The molecule has 0 saturated carbocycles. The van der Waals surface area contributed by atoms with Gasteiger partial charge in [0.05, 0.1) is 16.7 Å². The summed E-state index contributed by atoms with van der Waals surface area (Å²) in [5.74, 6) is 0. The number of hydrogen-bond acceptors (Lipinski definition) is 1. The van der Waals surface area contributed by atoms with E-state index in [-0.39, 0.29) is 0 Å². The topological polar surface area (TPSA) is 20.7 Å². The predicted octanol–water partition coefficient (Wildman–Crippen LogP) is 5.41. The monoisotopic (exact) mass is 352 g/mol. The molecule has 1 aromatic heterocycles. The predicted molar refractivity (Wildman–Crippen MR) is 85.9 cm³/mol. The molecule has 1 heterocycles. The summed E-state index contributed by atoms with van der Waals surface area (Å²) in [6, 6.07) is 11.8. The van der Waals surface area contributed by atoms with Gasteiger partial charge in [-0.25, -0.2) is 0 Å². The zero-order valence-electron chi connectivity index (χ0n) is 10.1. The van der Waals surface area contributed by atoms with E-state index in [0.29, 0.717) is 9.79 Å². The van der Waals surface area contributed by atoms with Crippen LogP contribution in [0.4, 0.5) is 0 Å². The van der Waals surface area contributed by atoms with E-state index in [1.807, 2.05) is 47.9 Å². The molecule has 0 aliphatic rings. The maximum atomic E-state index is 6.10. The second-order valence-electron chi connectivity index (χ2n) is 4.36. The largest absolute Gasteiger partial charge is 0.330 e. The van der Waals surface area contributed by atoms with E-state index >= 15 is 0 Å². The maximum absolute atomic E-state index is 6.10. The third-order valence-electron chi connectivity index (χ3n) is 3.06. The third-order valence-corrected chi connectivity index (χ3v) is 4.07. The average Bonchev–Trinajstić information content (AvgIpc) is 2.68. The molecule has 0 spiro atoms. The van der Waals surface area contributed by atoms with Crippen LogP contribution in [0.25, 0.3) is 16.7 Å². The standard InChI is InChI=1S/C14H10BrClN2S/c1-8-2-4-10(16)7-12(8)18-13-6-9(15)3-5-11(13)17-14(18)19/h2-7H,1H3,(H,17,19). The second kappa shape index (κ2) is 4.78. The number of hydrogen-bond donors (Lipinski definition) is 1. The van der Waals surface area contributed by atoms with Crippen molar-refractivity contribution in [1.29, 1.82) is 0 Å². The summed E-state index contributed by atoms with van der Waals surface area (Å²) in [7, 11) is 0. The van der Waals surface area contributed by atoms with Crippen LogP contribution in [0.15, 0.2) is 40.9 Å². The fourth-order valence-corrected chi connectivity index (χ4v) is 2.96. The van der Waals surface area contributed by atoms with E-state index in [4.69, 9.17) is 23.8 Å². The molecule has 19 heavy (non-hydrogen) atoms. The second-order valence-corrected chi connectivity index (χ2v) is 6.10. The minimum atomic E-state index is 0.665. The molecule has 0 amide bonds. The van der Waals surface area contributed by atoms with Crippen molar-refractivity contribution in [3.63, 3.8) is 0 Å². The Morgan fingerprint density at radius 3 is 2.79 bits per heavy atom. The molecule has 0 aliphatic carbocycles. The molecule has 0 atom stereocenters. The molecule has 3 aromatic rings. The maximum Gasteiger partial charge on any atom is 0.182 e. The first kappa shape index (κ1) is 12.9. The van der Waals surface area contributed by atoms with Crippen LogP contribution in [0.1, 0.15) is 5.56 Å². The van der Waals surface area contributed by atoms with E-state index in [1.165, 1.54) is 0 Å². The minimum Gasteiger partial charge on any atom is -0.330 e. The van der Waals surface area contributed by atoms with Crippen molar-refractivity contribution in [2.75, 3.05) is 0 Å². The number of aryl methyl sites for hydroxylation is 1. The van der Waals surface area contributed by atoms with Gasteiger partial charge < -0.3 is 4.98 Å². The number of H-pyrrole nitrogens is 1. The SMILES string of the molecule is Cc1ccc(Cl)cc1-n1c(=S)[nH]c2ccc(Br)cc21. The van der Waals surface area contributed by atoms with Gasteiger partial charge in [-0.1, -0.05) is 33.6 Å². The van der Waals surface area contributed by atoms with Crippen molar-refractivity contribution < 1.29 is 0 Å². The molecule has 0 unspecified atom stereocenters. The van der Waals surface area contributed by atoms with Crippen LogP contribution in [0, 0.1) is 11.7 Å². The molecule has 0 saturated heterocycles. The van der Waals surface area contributed by atoms with E-state index in [0.717, 1.165) is 26.8 Å². The highest BCUT2D eigenvalue weighted by atomic mass is 79.9. The number of benzene rings is 2. The molecule has 0 aliphatic heterocycles. The Hall–Kier alpha value is -1.10. The van der Waals surface area contributed by atoms with E-state index in [1.54, 1.807) is 0 Å². The number of imidazole rings is 1. The number of nitrogens with one attached hydrogen (secondary N) is 1. The number of halogens is 2. The van der Waals surface area contributed by atoms with Crippen LogP contribution < -0.4 is 0 Å². The van der Waals surface area contributed by atoms with Crippen LogP contribution in [-0.2, 0) is 0 Å². The molecule has 2 aromatic carbocycles. The van der Waals surface area contributed by atoms with E-state index in [2.05, 4.69) is 20.9 Å². The van der Waals surface area contributed by atoms with E-state index < -0.39 is 0 Å². The quantitative estimate of drug-likeness (QED) is 0.580. The molecule has 5 heteroatoms. The van der Waals surface area contributed by atoms with Crippen molar-refractivity contribution in [2.45, 2.75) is 6.92 Å². The first-order valence-corrected chi connectivity index (χ1v) is 7.31. The molecular formula is C14H10BrClN2S. The molecular weight excluding hydrogens is 344 g/mol. The first-order valence-electron chi connectivity index (χ1n) is 5.73. The Kier molecular flexibility index (Phi) is 3.25. The lowest BCUT2D eigenvalue weighted by Gasteiger charge is -2.09. The van der Waals surface area contributed by atoms with Crippen LogP contribution >= 0.6 is 39.7 Å². The zero-order valence-corrected chi connectivity index (χ0v) is 13.2. The molecule has 0 bridgehead atoms. The molecule has 3 rings (SSSR count). The highest BCUT2D eigenvalue weighted by Gasteiger charge is 2.09. The van der Waals surface area contributed by atoms with Gasteiger partial charge in [-0.15, -0.1) is 0 Å². The lowest BCUT2D eigenvalue weighted by atomic mass is 10.2. The Labute approximate surface area is 129 Å². The number of rotatable bonds is 1. The van der Waals surface area contributed by atoms with Gasteiger partial charge in [-0.05, 0) is 55.0 Å². The number of aromatic amines is 1. The Balaban J connectivity index is 2.42. The van der Waals surface area contributed by atoms with Crippen LogP contribution in [0.2, 0.25) is 5.02 Å². The van der Waals surface area contributed by atoms with Crippen LogP contribution in [-0.4, -0.2) is 9.55 Å². The Morgan fingerprint density at radius 1 is 1.21 bits per heavy atom. The highest BCUT2D eigenvalue weighted by molar-refractivity contribution is 9.10. The zero-order chi connectivity index (χ0) is 13.6.